The molecule has 8 nitrogen and oxygen atoms in total. The predicted molar refractivity (Wildman–Crippen MR) is 146 cm³/mol. The minimum Gasteiger partial charge on any atom is -0.338 e. The number of aromatic nitrogens is 4. The molecular weight excluding hydrogens is 481 g/mol. The number of hydrogen-bond donors (Lipinski definition) is 2. The number of carbonyl (C=O) groups excluding carboxylic acids is 1. The number of nitrogens with one attached hydrogen (secondary N) is 2. The van der Waals surface area contributed by atoms with Gasteiger partial charge >= 0.3 is 0 Å². The van der Waals surface area contributed by atoms with Crippen LogP contribution in [0.15, 0.2) is 79.1 Å². The monoisotopic (exact) mass is 509 g/mol. The molecule has 5 aromatic rings. The molecule has 1 fully saturated rings. The number of anilines is 1. The predicted octanol–water partition coefficient (Wildman–Crippen LogP) is 4.55. The standard InChI is InChI=1S/C29H28FN7O/c1-35-11-13-36(14-12-35)18-20-5-8-24(9-6-20)32-29(38)21-7-10-26-27(15-21)34-28(33-26)22-17-31-37(19-22)25-4-2-3-23(30)16-25/h2-10,15-17,19H,11-14,18H2,1H3,(H,32,38)(H,33,34). The van der Waals surface area contributed by atoms with Crippen LogP contribution in [0.2, 0.25) is 0 Å². The van der Waals surface area contributed by atoms with Gasteiger partial charge in [-0.25, -0.2) is 14.1 Å². The first-order valence-electron chi connectivity index (χ1n) is 12.6. The molecule has 1 aliphatic heterocycles. The molecule has 2 N–H and O–H groups in total. The zero-order valence-electron chi connectivity index (χ0n) is 21.1. The maximum atomic E-state index is 13.6. The number of fused-ring (bicyclic) bond motifs is 1. The Labute approximate surface area is 219 Å². The van der Waals surface area contributed by atoms with E-state index in [1.807, 2.05) is 18.2 Å². The number of halogens is 1. The molecule has 6 rings (SSSR count). The van der Waals surface area contributed by atoms with Crippen LogP contribution in [0.3, 0.4) is 0 Å². The van der Waals surface area contributed by atoms with Crippen LogP contribution in [0.25, 0.3) is 28.1 Å². The quantitative estimate of drug-likeness (QED) is 0.351. The largest absolute Gasteiger partial charge is 0.338 e. The second-order valence-electron chi connectivity index (χ2n) is 9.70. The highest BCUT2D eigenvalue weighted by atomic mass is 19.1. The summed E-state index contributed by atoms with van der Waals surface area (Å²) in [4.78, 5) is 25.7. The van der Waals surface area contributed by atoms with Gasteiger partial charge in [-0.1, -0.05) is 18.2 Å². The molecule has 0 atom stereocenters. The van der Waals surface area contributed by atoms with E-state index in [1.54, 1.807) is 41.3 Å². The highest BCUT2D eigenvalue weighted by Crippen LogP contribution is 2.23. The highest BCUT2D eigenvalue weighted by Gasteiger charge is 2.15. The molecule has 9 heteroatoms. The van der Waals surface area contributed by atoms with Crippen molar-refractivity contribution >= 4 is 22.6 Å². The number of imidazole rings is 1. The minimum atomic E-state index is -0.323. The molecule has 1 aliphatic rings. The van der Waals surface area contributed by atoms with Gasteiger partial charge in [0.05, 0.1) is 28.5 Å². The van der Waals surface area contributed by atoms with Crippen LogP contribution in [-0.4, -0.2) is 68.7 Å². The first-order valence-corrected chi connectivity index (χ1v) is 12.6. The number of rotatable bonds is 6. The third-order valence-electron chi connectivity index (χ3n) is 6.89. The topological polar surface area (TPSA) is 82.1 Å². The van der Waals surface area contributed by atoms with Crippen LogP contribution >= 0.6 is 0 Å². The molecule has 0 radical (unpaired) electrons. The summed E-state index contributed by atoms with van der Waals surface area (Å²) in [5, 5.41) is 7.32. The van der Waals surface area contributed by atoms with Crippen LogP contribution in [0.5, 0.6) is 0 Å². The third-order valence-corrected chi connectivity index (χ3v) is 6.89. The van der Waals surface area contributed by atoms with Crippen LogP contribution in [0.1, 0.15) is 15.9 Å². The molecule has 38 heavy (non-hydrogen) atoms. The molecule has 0 bridgehead atoms. The Morgan fingerprint density at radius 1 is 1.03 bits per heavy atom. The Balaban J connectivity index is 1.13. The summed E-state index contributed by atoms with van der Waals surface area (Å²) in [6.07, 6.45) is 3.46. The second kappa shape index (κ2) is 10.2. The average Bonchev–Trinajstić information content (AvgIpc) is 3.58. The van der Waals surface area contributed by atoms with E-state index in [-0.39, 0.29) is 11.7 Å². The van der Waals surface area contributed by atoms with Crippen LogP contribution in [0.4, 0.5) is 10.1 Å². The van der Waals surface area contributed by atoms with Crippen molar-refractivity contribution in [3.8, 4) is 17.1 Å². The lowest BCUT2D eigenvalue weighted by Gasteiger charge is -2.32. The second-order valence-corrected chi connectivity index (χ2v) is 9.70. The van der Waals surface area contributed by atoms with Crippen molar-refractivity contribution < 1.29 is 9.18 Å². The van der Waals surface area contributed by atoms with E-state index in [0.717, 1.165) is 55.0 Å². The Bertz CT molecular complexity index is 1580. The van der Waals surface area contributed by atoms with Gasteiger partial charge in [-0.2, -0.15) is 5.10 Å². The van der Waals surface area contributed by atoms with E-state index in [4.69, 9.17) is 0 Å². The minimum absolute atomic E-state index is 0.186. The summed E-state index contributed by atoms with van der Waals surface area (Å²) >= 11 is 0. The zero-order chi connectivity index (χ0) is 26.1. The van der Waals surface area contributed by atoms with E-state index < -0.39 is 0 Å². The Morgan fingerprint density at radius 2 is 1.84 bits per heavy atom. The lowest BCUT2D eigenvalue weighted by Crippen LogP contribution is -2.43. The SMILES string of the molecule is CN1CCN(Cc2ccc(NC(=O)c3ccc4nc(-c5cnn(-c6cccc(F)c6)c5)[nH]c4c3)cc2)CC1. The summed E-state index contributed by atoms with van der Waals surface area (Å²) in [6.45, 7) is 5.25. The molecule has 0 aliphatic carbocycles. The summed E-state index contributed by atoms with van der Waals surface area (Å²) in [6, 6.07) is 19.7. The third kappa shape index (κ3) is 5.20. The number of hydrogen-bond acceptors (Lipinski definition) is 5. The molecule has 1 amide bonds. The summed E-state index contributed by atoms with van der Waals surface area (Å²) in [5.41, 5.74) is 5.39. The van der Waals surface area contributed by atoms with Crippen LogP contribution in [0, 0.1) is 5.82 Å². The number of carbonyl (C=O) groups is 1. The van der Waals surface area contributed by atoms with Crippen LogP contribution in [-0.2, 0) is 6.54 Å². The molecule has 3 heterocycles. The zero-order valence-corrected chi connectivity index (χ0v) is 21.1. The fraction of sp³-hybridized carbons (Fsp3) is 0.207. The van der Waals surface area contributed by atoms with Crippen molar-refractivity contribution in [2.45, 2.75) is 6.54 Å². The number of H-pyrrole nitrogens is 1. The molecule has 3 aromatic carbocycles. The lowest BCUT2D eigenvalue weighted by atomic mass is 10.1. The smallest absolute Gasteiger partial charge is 0.255 e. The fourth-order valence-corrected chi connectivity index (χ4v) is 4.65. The van der Waals surface area contributed by atoms with Gasteiger partial charge in [-0.3, -0.25) is 9.69 Å². The number of amides is 1. The van der Waals surface area contributed by atoms with Crippen molar-refractivity contribution in [2.75, 3.05) is 38.5 Å². The molecule has 0 spiro atoms. The van der Waals surface area contributed by atoms with Crippen molar-refractivity contribution in [1.82, 2.24) is 29.5 Å². The first-order chi connectivity index (χ1) is 18.5. The maximum Gasteiger partial charge on any atom is 0.255 e. The van der Waals surface area contributed by atoms with Crippen molar-refractivity contribution in [2.24, 2.45) is 0 Å². The van der Waals surface area contributed by atoms with Gasteiger partial charge < -0.3 is 15.2 Å². The first kappa shape index (κ1) is 24.0. The average molecular weight is 510 g/mol. The number of aromatic amines is 1. The van der Waals surface area contributed by atoms with Crippen LogP contribution < -0.4 is 5.32 Å². The summed E-state index contributed by atoms with van der Waals surface area (Å²) in [5.74, 6) is 0.112. The van der Waals surface area contributed by atoms with E-state index in [1.165, 1.54) is 17.7 Å². The van der Waals surface area contributed by atoms with Gasteiger partial charge in [0.2, 0.25) is 0 Å². The Morgan fingerprint density at radius 3 is 2.63 bits per heavy atom. The number of piperazine rings is 1. The number of nitrogens with zero attached hydrogens (tertiary/aromatic N) is 5. The lowest BCUT2D eigenvalue weighted by molar-refractivity contribution is 0.102. The fourth-order valence-electron chi connectivity index (χ4n) is 4.65. The highest BCUT2D eigenvalue weighted by molar-refractivity contribution is 6.06. The van der Waals surface area contributed by atoms with E-state index in [0.29, 0.717) is 17.1 Å². The Hall–Kier alpha value is -4.34. The van der Waals surface area contributed by atoms with Crippen molar-refractivity contribution in [3.05, 3.63) is 96.1 Å². The van der Waals surface area contributed by atoms with Gasteiger partial charge in [0.25, 0.3) is 5.91 Å². The summed E-state index contributed by atoms with van der Waals surface area (Å²) < 4.78 is 15.2. The van der Waals surface area contributed by atoms with Gasteiger partial charge in [0.1, 0.15) is 11.6 Å². The van der Waals surface area contributed by atoms with E-state index >= 15 is 0 Å². The number of benzene rings is 3. The molecule has 0 saturated carbocycles. The Kier molecular flexibility index (Phi) is 6.45. The molecule has 192 valence electrons. The van der Waals surface area contributed by atoms with Gasteiger partial charge in [0.15, 0.2) is 0 Å². The van der Waals surface area contributed by atoms with E-state index in [2.05, 4.69) is 49.4 Å². The summed E-state index contributed by atoms with van der Waals surface area (Å²) in [7, 11) is 2.16. The molecule has 0 unspecified atom stereocenters. The molecular formula is C29H28FN7O. The van der Waals surface area contributed by atoms with Gasteiger partial charge in [-0.05, 0) is 61.1 Å². The molecule has 2 aromatic heterocycles. The van der Waals surface area contributed by atoms with Gasteiger partial charge in [0, 0.05) is 50.2 Å². The van der Waals surface area contributed by atoms with E-state index in [9.17, 15) is 9.18 Å². The van der Waals surface area contributed by atoms with Crippen molar-refractivity contribution in [3.63, 3.8) is 0 Å². The van der Waals surface area contributed by atoms with Crippen molar-refractivity contribution in [1.29, 1.82) is 0 Å². The van der Waals surface area contributed by atoms with Gasteiger partial charge in [-0.15, -0.1) is 0 Å². The maximum absolute atomic E-state index is 13.6. The number of likely N-dealkylation sites (N-methyl/N-ethyl adjacent to an activating group) is 1. The normalized spacial score (nSPS) is 14.7. The molecule has 1 saturated heterocycles.